The molecule has 2 fully saturated rings. The van der Waals surface area contributed by atoms with Gasteiger partial charge >= 0.3 is 0 Å². The molecular weight excluding hydrogens is 244 g/mol. The third-order valence-corrected chi connectivity index (χ3v) is 6.18. The third-order valence-electron chi connectivity index (χ3n) is 6.18. The normalized spacial score (nSPS) is 28.4. The Labute approximate surface area is 126 Å². The minimum absolute atomic E-state index is 0.498. The van der Waals surface area contributed by atoms with Crippen LogP contribution >= 0.6 is 0 Å². The fourth-order valence-electron chi connectivity index (χ4n) is 4.46. The second-order valence-corrected chi connectivity index (χ2v) is 7.32. The van der Waals surface area contributed by atoms with Crippen molar-refractivity contribution < 1.29 is 0 Å². The van der Waals surface area contributed by atoms with E-state index in [1.807, 2.05) is 0 Å². The van der Waals surface area contributed by atoms with E-state index >= 15 is 0 Å². The van der Waals surface area contributed by atoms with Gasteiger partial charge in [-0.25, -0.2) is 0 Å². The molecule has 20 heavy (non-hydrogen) atoms. The fraction of sp³-hybridized carbons (Fsp3) is 1.00. The molecule has 118 valence electrons. The van der Waals surface area contributed by atoms with Crippen LogP contribution in [0, 0.1) is 17.3 Å². The van der Waals surface area contributed by atoms with Gasteiger partial charge in [0.1, 0.15) is 0 Å². The molecule has 2 heteroatoms. The van der Waals surface area contributed by atoms with E-state index in [0.29, 0.717) is 5.41 Å². The summed E-state index contributed by atoms with van der Waals surface area (Å²) < 4.78 is 0. The minimum Gasteiger partial charge on any atom is -0.316 e. The Morgan fingerprint density at radius 1 is 1.00 bits per heavy atom. The van der Waals surface area contributed by atoms with Gasteiger partial charge in [0.2, 0.25) is 0 Å². The van der Waals surface area contributed by atoms with Gasteiger partial charge in [0.25, 0.3) is 0 Å². The predicted molar refractivity (Wildman–Crippen MR) is 88.1 cm³/mol. The highest BCUT2D eigenvalue weighted by atomic mass is 15.1. The third kappa shape index (κ3) is 3.98. The van der Waals surface area contributed by atoms with Gasteiger partial charge in [0, 0.05) is 19.6 Å². The van der Waals surface area contributed by atoms with E-state index < -0.39 is 0 Å². The molecule has 1 N–H and O–H groups in total. The van der Waals surface area contributed by atoms with Crippen molar-refractivity contribution in [3.05, 3.63) is 0 Å². The van der Waals surface area contributed by atoms with Crippen LogP contribution in [0.3, 0.4) is 0 Å². The van der Waals surface area contributed by atoms with E-state index in [2.05, 4.69) is 31.0 Å². The molecule has 2 atom stereocenters. The van der Waals surface area contributed by atoms with Crippen LogP contribution in [0.5, 0.6) is 0 Å². The molecule has 1 saturated heterocycles. The Balaban J connectivity index is 1.89. The zero-order valence-corrected chi connectivity index (χ0v) is 14.1. The van der Waals surface area contributed by atoms with Crippen LogP contribution in [0.2, 0.25) is 0 Å². The van der Waals surface area contributed by atoms with Crippen molar-refractivity contribution in [2.45, 2.75) is 65.7 Å². The van der Waals surface area contributed by atoms with Crippen molar-refractivity contribution in [3.63, 3.8) is 0 Å². The molecule has 2 unspecified atom stereocenters. The number of nitrogens with one attached hydrogen (secondary N) is 1. The van der Waals surface area contributed by atoms with Crippen molar-refractivity contribution in [3.8, 4) is 0 Å². The van der Waals surface area contributed by atoms with Crippen LogP contribution in [0.4, 0.5) is 0 Å². The van der Waals surface area contributed by atoms with E-state index in [4.69, 9.17) is 0 Å². The molecule has 2 nitrogen and oxygen atoms in total. The first-order valence-corrected chi connectivity index (χ1v) is 9.16. The van der Waals surface area contributed by atoms with E-state index in [-0.39, 0.29) is 0 Å². The van der Waals surface area contributed by atoms with Crippen LogP contribution in [0.1, 0.15) is 65.7 Å². The van der Waals surface area contributed by atoms with Gasteiger partial charge in [-0.15, -0.1) is 0 Å². The first kappa shape index (κ1) is 16.3. The lowest BCUT2D eigenvalue weighted by Gasteiger charge is -2.45. The maximum atomic E-state index is 3.61. The summed E-state index contributed by atoms with van der Waals surface area (Å²) in [7, 11) is 0. The molecule has 0 aromatic carbocycles. The quantitative estimate of drug-likeness (QED) is 0.760. The highest BCUT2D eigenvalue weighted by Crippen LogP contribution is 2.37. The zero-order valence-electron chi connectivity index (χ0n) is 14.1. The van der Waals surface area contributed by atoms with Gasteiger partial charge in [0.15, 0.2) is 0 Å². The maximum absolute atomic E-state index is 3.61. The van der Waals surface area contributed by atoms with Crippen molar-refractivity contribution >= 4 is 0 Å². The number of hydrogen-bond donors (Lipinski definition) is 1. The maximum Gasteiger partial charge on any atom is 0.00501 e. The summed E-state index contributed by atoms with van der Waals surface area (Å²) in [4.78, 5) is 2.80. The Kier molecular flexibility index (Phi) is 6.35. The lowest BCUT2D eigenvalue weighted by Crippen LogP contribution is -2.49. The number of nitrogens with zero attached hydrogens (tertiary/aromatic N) is 1. The van der Waals surface area contributed by atoms with E-state index in [9.17, 15) is 0 Å². The largest absolute Gasteiger partial charge is 0.316 e. The lowest BCUT2D eigenvalue weighted by atomic mass is 9.74. The Hall–Kier alpha value is -0.0800. The molecule has 1 saturated carbocycles. The molecule has 0 aromatic heterocycles. The average Bonchev–Trinajstić information content (AvgIpc) is 2.51. The van der Waals surface area contributed by atoms with Crippen LogP contribution in [-0.2, 0) is 0 Å². The molecule has 0 spiro atoms. The number of likely N-dealkylation sites (tertiary alicyclic amines) is 1. The number of hydrogen-bond acceptors (Lipinski definition) is 2. The second kappa shape index (κ2) is 7.79. The van der Waals surface area contributed by atoms with E-state index in [0.717, 1.165) is 18.4 Å². The number of fused-ring (bicyclic) bond motifs is 1. The molecule has 2 aliphatic rings. The summed E-state index contributed by atoms with van der Waals surface area (Å²) in [5.41, 5.74) is 0.498. The number of piperidine rings is 1. The topological polar surface area (TPSA) is 15.3 Å². The van der Waals surface area contributed by atoms with Crippen LogP contribution in [-0.4, -0.2) is 37.6 Å². The average molecular weight is 280 g/mol. The molecule has 0 radical (unpaired) electrons. The molecule has 1 aliphatic heterocycles. The van der Waals surface area contributed by atoms with Gasteiger partial charge in [-0.2, -0.15) is 0 Å². The second-order valence-electron chi connectivity index (χ2n) is 7.32. The fourth-order valence-corrected chi connectivity index (χ4v) is 4.46. The highest BCUT2D eigenvalue weighted by Gasteiger charge is 2.35. The highest BCUT2D eigenvalue weighted by molar-refractivity contribution is 4.88. The molecule has 2 rings (SSSR count). The lowest BCUT2D eigenvalue weighted by molar-refractivity contribution is 0.0478. The summed E-state index contributed by atoms with van der Waals surface area (Å²) >= 11 is 0. The molecular formula is C18H36N2. The standard InChI is InChI=1S/C18H36N2/c1-4-18(5-2,14-19-6-3)15-20-12-11-16-9-7-8-10-17(16)13-20/h16-17,19H,4-15H2,1-3H3. The molecule has 0 bridgehead atoms. The minimum atomic E-state index is 0.498. The van der Waals surface area contributed by atoms with Gasteiger partial charge < -0.3 is 10.2 Å². The van der Waals surface area contributed by atoms with Crippen molar-refractivity contribution in [2.75, 3.05) is 32.7 Å². The van der Waals surface area contributed by atoms with Gasteiger partial charge in [-0.1, -0.05) is 40.0 Å². The SMILES string of the molecule is CCNCC(CC)(CC)CN1CCC2CCCCC2C1. The molecule has 1 aliphatic carbocycles. The van der Waals surface area contributed by atoms with E-state index in [1.165, 1.54) is 71.1 Å². The first-order valence-electron chi connectivity index (χ1n) is 9.16. The van der Waals surface area contributed by atoms with Crippen LogP contribution in [0.25, 0.3) is 0 Å². The Morgan fingerprint density at radius 3 is 2.35 bits per heavy atom. The zero-order chi connectivity index (χ0) is 14.4. The smallest absolute Gasteiger partial charge is 0.00501 e. The Morgan fingerprint density at radius 2 is 1.70 bits per heavy atom. The summed E-state index contributed by atoms with van der Waals surface area (Å²) in [5.74, 6) is 2.08. The summed E-state index contributed by atoms with van der Waals surface area (Å²) in [6.07, 6.45) is 10.1. The predicted octanol–water partition coefficient (Wildman–Crippen LogP) is 3.91. The first-order chi connectivity index (χ1) is 9.73. The van der Waals surface area contributed by atoms with Gasteiger partial charge in [0.05, 0.1) is 0 Å². The van der Waals surface area contributed by atoms with Gasteiger partial charge in [-0.05, 0) is 56.0 Å². The summed E-state index contributed by atoms with van der Waals surface area (Å²) in [5, 5.41) is 3.61. The Bertz CT molecular complexity index is 273. The number of rotatable bonds is 7. The van der Waals surface area contributed by atoms with Crippen molar-refractivity contribution in [1.82, 2.24) is 10.2 Å². The van der Waals surface area contributed by atoms with Crippen LogP contribution in [0.15, 0.2) is 0 Å². The monoisotopic (exact) mass is 280 g/mol. The van der Waals surface area contributed by atoms with Crippen LogP contribution < -0.4 is 5.32 Å². The molecule has 1 heterocycles. The molecule has 0 amide bonds. The summed E-state index contributed by atoms with van der Waals surface area (Å²) in [6.45, 7) is 13.4. The van der Waals surface area contributed by atoms with Gasteiger partial charge in [-0.3, -0.25) is 0 Å². The van der Waals surface area contributed by atoms with Crippen molar-refractivity contribution in [2.24, 2.45) is 17.3 Å². The molecule has 0 aromatic rings. The summed E-state index contributed by atoms with van der Waals surface area (Å²) in [6, 6.07) is 0. The van der Waals surface area contributed by atoms with Crippen molar-refractivity contribution in [1.29, 1.82) is 0 Å². The van der Waals surface area contributed by atoms with E-state index in [1.54, 1.807) is 0 Å².